The van der Waals surface area contributed by atoms with Crippen LogP contribution in [-0.2, 0) is 16.0 Å². The predicted octanol–water partition coefficient (Wildman–Crippen LogP) is 1.09. The summed E-state index contributed by atoms with van der Waals surface area (Å²) in [4.78, 5) is 24.8. The molecule has 0 aliphatic rings. The van der Waals surface area contributed by atoms with Crippen molar-refractivity contribution in [3.05, 3.63) is 24.0 Å². The monoisotopic (exact) mass is 230 g/mol. The molecule has 0 radical (unpaired) electrons. The van der Waals surface area contributed by atoms with Gasteiger partial charge in [0, 0.05) is 6.92 Å². The molecule has 1 aromatic rings. The van der Waals surface area contributed by atoms with Gasteiger partial charge in [0.15, 0.2) is 0 Å². The first-order valence-electron chi connectivity index (χ1n) is 4.02. The highest BCUT2D eigenvalue weighted by molar-refractivity contribution is 5.88. The maximum absolute atomic E-state index is 10.6. The number of amides is 1. The summed E-state index contributed by atoms with van der Waals surface area (Å²) < 4.78 is 0. The minimum atomic E-state index is -0.926. The number of aromatic nitrogens is 1. The maximum atomic E-state index is 10.6. The van der Waals surface area contributed by atoms with E-state index in [0.717, 1.165) is 0 Å². The van der Waals surface area contributed by atoms with Gasteiger partial charge in [-0.3, -0.25) is 14.6 Å². The Morgan fingerprint density at radius 2 is 2.13 bits per heavy atom. The molecule has 1 heterocycles. The minimum Gasteiger partial charge on any atom is -0.481 e. The normalized spacial score (nSPS) is 8.87. The standard InChI is InChI=1S/C9H10N2O3.ClH/c1-6(12)11-8-3-2-7(10-5-8)4-9(13)14;/h2-3,5H,4H2,1H3,(H,11,12)(H,13,14);1H. The van der Waals surface area contributed by atoms with Crippen molar-refractivity contribution < 1.29 is 14.7 Å². The lowest BCUT2D eigenvalue weighted by Gasteiger charge is -2.01. The van der Waals surface area contributed by atoms with Crippen LogP contribution in [0.2, 0.25) is 0 Å². The van der Waals surface area contributed by atoms with Gasteiger partial charge in [-0.2, -0.15) is 0 Å². The molecule has 2 N–H and O–H groups in total. The van der Waals surface area contributed by atoms with Gasteiger partial charge in [-0.05, 0) is 12.1 Å². The van der Waals surface area contributed by atoms with Crippen LogP contribution in [-0.4, -0.2) is 22.0 Å². The Balaban J connectivity index is 0.00000196. The molecule has 0 unspecified atom stereocenters. The van der Waals surface area contributed by atoms with Gasteiger partial charge in [-0.1, -0.05) is 0 Å². The van der Waals surface area contributed by atoms with Crippen molar-refractivity contribution in [2.45, 2.75) is 13.3 Å². The fourth-order valence-electron chi connectivity index (χ4n) is 0.961. The minimum absolute atomic E-state index is 0. The third-order valence-electron chi connectivity index (χ3n) is 1.48. The number of aliphatic carboxylic acids is 1. The summed E-state index contributed by atoms with van der Waals surface area (Å²) in [5.41, 5.74) is 1.03. The van der Waals surface area contributed by atoms with E-state index < -0.39 is 5.97 Å². The summed E-state index contributed by atoms with van der Waals surface area (Å²) in [6.45, 7) is 1.39. The number of carbonyl (C=O) groups is 2. The largest absolute Gasteiger partial charge is 0.481 e. The second-order valence-corrected chi connectivity index (χ2v) is 2.79. The number of halogens is 1. The topological polar surface area (TPSA) is 79.3 Å². The first-order valence-corrected chi connectivity index (χ1v) is 4.02. The van der Waals surface area contributed by atoms with Crippen LogP contribution >= 0.6 is 12.4 Å². The number of rotatable bonds is 3. The van der Waals surface area contributed by atoms with Crippen molar-refractivity contribution in [1.29, 1.82) is 0 Å². The molecule has 0 saturated heterocycles. The summed E-state index contributed by atoms with van der Waals surface area (Å²) in [5, 5.41) is 11.0. The highest BCUT2D eigenvalue weighted by Gasteiger charge is 2.01. The Morgan fingerprint density at radius 1 is 1.47 bits per heavy atom. The van der Waals surface area contributed by atoms with Crippen LogP contribution in [0, 0.1) is 0 Å². The zero-order chi connectivity index (χ0) is 10.6. The van der Waals surface area contributed by atoms with Gasteiger partial charge in [0.05, 0.1) is 24.0 Å². The lowest BCUT2D eigenvalue weighted by molar-refractivity contribution is -0.136. The zero-order valence-corrected chi connectivity index (χ0v) is 8.87. The van der Waals surface area contributed by atoms with Gasteiger partial charge in [-0.15, -0.1) is 12.4 Å². The van der Waals surface area contributed by atoms with Gasteiger partial charge >= 0.3 is 5.97 Å². The van der Waals surface area contributed by atoms with E-state index in [-0.39, 0.29) is 24.7 Å². The molecule has 1 rings (SSSR count). The molecule has 6 heteroatoms. The van der Waals surface area contributed by atoms with Crippen molar-refractivity contribution in [1.82, 2.24) is 4.98 Å². The number of pyridine rings is 1. The molecule has 1 aromatic heterocycles. The molecule has 15 heavy (non-hydrogen) atoms. The molecule has 0 aromatic carbocycles. The molecule has 82 valence electrons. The lowest BCUT2D eigenvalue weighted by atomic mass is 10.2. The van der Waals surface area contributed by atoms with Crippen LogP contribution in [0.1, 0.15) is 12.6 Å². The molecular weight excluding hydrogens is 220 g/mol. The van der Waals surface area contributed by atoms with E-state index in [2.05, 4.69) is 10.3 Å². The highest BCUT2D eigenvalue weighted by Crippen LogP contribution is 2.06. The van der Waals surface area contributed by atoms with Crippen LogP contribution in [0.15, 0.2) is 18.3 Å². The lowest BCUT2D eigenvalue weighted by Crippen LogP contribution is -2.07. The Labute approximate surface area is 92.9 Å². The first-order chi connectivity index (χ1) is 6.58. The quantitative estimate of drug-likeness (QED) is 0.815. The van der Waals surface area contributed by atoms with Gasteiger partial charge in [0.1, 0.15) is 0 Å². The van der Waals surface area contributed by atoms with Crippen molar-refractivity contribution in [3.8, 4) is 0 Å². The van der Waals surface area contributed by atoms with Crippen LogP contribution in [0.3, 0.4) is 0 Å². The number of nitrogens with one attached hydrogen (secondary N) is 1. The number of nitrogens with zero attached hydrogens (tertiary/aromatic N) is 1. The molecule has 0 aliphatic carbocycles. The number of carboxylic acid groups (broad SMARTS) is 1. The molecule has 0 bridgehead atoms. The van der Waals surface area contributed by atoms with E-state index in [1.165, 1.54) is 13.1 Å². The van der Waals surface area contributed by atoms with E-state index in [0.29, 0.717) is 11.4 Å². The molecule has 0 aliphatic heterocycles. The molecule has 0 fully saturated rings. The number of carboxylic acids is 1. The van der Waals surface area contributed by atoms with Crippen LogP contribution in [0.25, 0.3) is 0 Å². The van der Waals surface area contributed by atoms with Crippen molar-refractivity contribution in [2.75, 3.05) is 5.32 Å². The Kier molecular flexibility index (Phi) is 5.33. The Hall–Kier alpha value is -1.62. The second-order valence-electron chi connectivity index (χ2n) is 2.79. The first kappa shape index (κ1) is 13.4. The van der Waals surface area contributed by atoms with Crippen molar-refractivity contribution in [2.24, 2.45) is 0 Å². The second kappa shape index (κ2) is 5.98. The average molecular weight is 231 g/mol. The summed E-state index contributed by atoms with van der Waals surface area (Å²) in [6.07, 6.45) is 1.32. The van der Waals surface area contributed by atoms with E-state index in [1.54, 1.807) is 12.1 Å². The van der Waals surface area contributed by atoms with Crippen LogP contribution in [0.4, 0.5) is 5.69 Å². The number of carbonyl (C=O) groups excluding carboxylic acids is 1. The smallest absolute Gasteiger partial charge is 0.309 e. The summed E-state index contributed by atoms with van der Waals surface area (Å²) >= 11 is 0. The van der Waals surface area contributed by atoms with E-state index >= 15 is 0 Å². The number of anilines is 1. The third kappa shape index (κ3) is 4.97. The number of hydrogen-bond donors (Lipinski definition) is 2. The van der Waals surface area contributed by atoms with E-state index in [9.17, 15) is 9.59 Å². The summed E-state index contributed by atoms with van der Waals surface area (Å²) in [7, 11) is 0. The molecule has 0 saturated carbocycles. The number of hydrogen-bond acceptors (Lipinski definition) is 3. The summed E-state index contributed by atoms with van der Waals surface area (Å²) in [5.74, 6) is -1.11. The SMILES string of the molecule is CC(=O)Nc1ccc(CC(=O)O)nc1.Cl. The van der Waals surface area contributed by atoms with Gasteiger partial charge in [-0.25, -0.2) is 0 Å². The van der Waals surface area contributed by atoms with E-state index in [1.807, 2.05) is 0 Å². The van der Waals surface area contributed by atoms with Crippen LogP contribution in [0.5, 0.6) is 0 Å². The van der Waals surface area contributed by atoms with Gasteiger partial charge in [0.2, 0.25) is 5.91 Å². The maximum Gasteiger partial charge on any atom is 0.309 e. The van der Waals surface area contributed by atoms with Crippen molar-refractivity contribution >= 4 is 30.0 Å². The molecule has 0 atom stereocenters. The Morgan fingerprint density at radius 3 is 2.53 bits per heavy atom. The summed E-state index contributed by atoms with van der Waals surface area (Å²) in [6, 6.07) is 3.19. The predicted molar refractivity (Wildman–Crippen MR) is 57.1 cm³/mol. The van der Waals surface area contributed by atoms with E-state index in [4.69, 9.17) is 5.11 Å². The van der Waals surface area contributed by atoms with Gasteiger partial charge < -0.3 is 10.4 Å². The van der Waals surface area contributed by atoms with Gasteiger partial charge in [0.25, 0.3) is 0 Å². The zero-order valence-electron chi connectivity index (χ0n) is 8.06. The molecule has 0 spiro atoms. The Bertz CT molecular complexity index is 316. The highest BCUT2D eigenvalue weighted by atomic mass is 35.5. The molecular formula is C9H11ClN2O3. The van der Waals surface area contributed by atoms with Crippen LogP contribution < -0.4 is 5.32 Å². The average Bonchev–Trinajstić information content (AvgIpc) is 2.06. The molecule has 1 amide bonds. The third-order valence-corrected chi connectivity index (χ3v) is 1.48. The fraction of sp³-hybridized carbons (Fsp3) is 0.222. The fourth-order valence-corrected chi connectivity index (χ4v) is 0.961. The molecule has 5 nitrogen and oxygen atoms in total. The van der Waals surface area contributed by atoms with Crippen molar-refractivity contribution in [3.63, 3.8) is 0 Å².